The molecule has 2 fully saturated rings. The van der Waals surface area contributed by atoms with Crippen LogP contribution >= 0.6 is 23.2 Å². The Bertz CT molecular complexity index is 2330. The maximum atomic E-state index is 11.5. The van der Waals surface area contributed by atoms with Crippen LogP contribution < -0.4 is 9.47 Å². The molecule has 18 heteroatoms. The van der Waals surface area contributed by atoms with E-state index in [4.69, 9.17) is 55.7 Å². The van der Waals surface area contributed by atoms with Gasteiger partial charge in [-0.3, -0.25) is 24.0 Å². The zero-order chi connectivity index (χ0) is 72.9. The smallest absolute Gasteiger partial charge is 0.305 e. The van der Waals surface area contributed by atoms with Crippen LogP contribution in [-0.4, -0.2) is 106 Å². The molecule has 0 amide bonds. The summed E-state index contributed by atoms with van der Waals surface area (Å²) in [6.07, 6.45) is 2.45. The van der Waals surface area contributed by atoms with E-state index in [2.05, 4.69) is 190 Å². The zero-order valence-electron chi connectivity index (χ0n) is 63.4. The van der Waals surface area contributed by atoms with E-state index in [9.17, 15) is 24.0 Å². The van der Waals surface area contributed by atoms with Crippen molar-refractivity contribution in [2.24, 2.45) is 16.2 Å². The monoisotopic (exact) mass is 1640 g/mol. The van der Waals surface area contributed by atoms with Gasteiger partial charge in [-0.15, -0.1) is 0 Å². The molecule has 0 saturated carbocycles. The third-order valence-electron chi connectivity index (χ3n) is 12.1. The predicted octanol–water partition coefficient (Wildman–Crippen LogP) is 31.5. The van der Waals surface area contributed by atoms with Crippen molar-refractivity contribution in [3.63, 3.8) is 0 Å². The molecule has 0 unspecified atom stereocenters. The molecule has 3 aromatic carbocycles. The lowest BCUT2D eigenvalue weighted by molar-refractivity contribution is -0.302. The molecule has 109 heavy (non-hydrogen) atoms. The summed E-state index contributed by atoms with van der Waals surface area (Å²) in [5.41, 5.74) is 5.75. The number of ketones is 3. The average molecular weight is 1640 g/mol. The van der Waals surface area contributed by atoms with E-state index in [0.29, 0.717) is 53.6 Å². The number of hydrogen-bond acceptors (Lipinski definition) is 14. The van der Waals surface area contributed by atoms with E-state index in [1.807, 2.05) is 70.2 Å². The highest BCUT2D eigenvalue weighted by Gasteiger charge is 2.41. The molecule has 668 valence electrons. The van der Waals surface area contributed by atoms with Gasteiger partial charge in [-0.25, -0.2) is 0 Å². The Balaban J connectivity index is -0.0000000384. The maximum absolute atomic E-state index is 11.5. The van der Waals surface area contributed by atoms with E-state index in [1.165, 1.54) is 50.9 Å². The number of benzene rings is 3. The van der Waals surface area contributed by atoms with Crippen LogP contribution in [0.5, 0.6) is 11.5 Å². The largest absolute Gasteiger partial charge is 0.497 e. The Hall–Kier alpha value is -4.24. The Morgan fingerprint density at radius 2 is 0.743 bits per heavy atom. The molecular weight excluding hydrogens is 1440 g/mol. The second-order valence-corrected chi connectivity index (χ2v) is 38.7. The molecule has 1 aliphatic carbocycles. The van der Waals surface area contributed by atoms with Gasteiger partial charge in [0.05, 0.1) is 52.5 Å². The van der Waals surface area contributed by atoms with E-state index >= 15 is 0 Å². The van der Waals surface area contributed by atoms with Crippen molar-refractivity contribution in [3.8, 4) is 11.5 Å². The van der Waals surface area contributed by atoms with Gasteiger partial charge in [0.2, 0.25) is 6.79 Å². The second kappa shape index (κ2) is 86.2. The summed E-state index contributed by atoms with van der Waals surface area (Å²) in [6.45, 7) is 61.7. The van der Waals surface area contributed by atoms with Crippen LogP contribution in [0.2, 0.25) is 38.3 Å². The van der Waals surface area contributed by atoms with Crippen LogP contribution in [0.25, 0.3) is 0 Å². The molecule has 0 aromatic heterocycles. The normalized spacial score (nSPS) is 14.0. The number of esters is 2. The molecule has 0 bridgehead atoms. The van der Waals surface area contributed by atoms with Gasteiger partial charge in [0.1, 0.15) is 27.6 Å². The zero-order valence-corrected chi connectivity index (χ0v) is 66.9. The van der Waals surface area contributed by atoms with Crippen LogP contribution in [-0.2, 0) is 62.5 Å². The van der Waals surface area contributed by atoms with Crippen molar-refractivity contribution in [3.05, 3.63) is 106 Å². The third kappa shape index (κ3) is 99.8. The first kappa shape index (κ1) is 165. The van der Waals surface area contributed by atoms with Crippen LogP contribution in [0.15, 0.2) is 88.9 Å². The Morgan fingerprint density at radius 1 is 0.477 bits per heavy atom. The number of carbonyl (C=O) groups is 5. The third-order valence-corrected chi connectivity index (χ3v) is 20.7. The van der Waals surface area contributed by atoms with Crippen molar-refractivity contribution >= 4 is 69.1 Å². The van der Waals surface area contributed by atoms with E-state index < -0.39 is 28.6 Å². The summed E-state index contributed by atoms with van der Waals surface area (Å²) >= 11 is 10.5. The number of halogens is 2. The highest BCUT2D eigenvalue weighted by atomic mass is 35.5. The minimum absolute atomic E-state index is 0. The van der Waals surface area contributed by atoms with Gasteiger partial charge in [-0.2, -0.15) is 0 Å². The number of hydrogen-bond donors (Lipinski definition) is 0. The maximum Gasteiger partial charge on any atom is 0.305 e. The molecule has 3 aromatic rings. The fraction of sp³-hybridized carbons (Fsp3) is 0.725. The Labute approximate surface area is 698 Å². The van der Waals surface area contributed by atoms with Gasteiger partial charge in [0.25, 0.3) is 0 Å². The van der Waals surface area contributed by atoms with E-state index in [1.54, 1.807) is 14.2 Å². The molecule has 2 aliphatic heterocycles. The molecule has 0 atom stereocenters. The topological polar surface area (TPSA) is 168 Å². The van der Waals surface area contributed by atoms with Gasteiger partial charge in [-0.1, -0.05) is 336 Å². The first-order chi connectivity index (χ1) is 42.1. The fourth-order valence-corrected chi connectivity index (χ4v) is 14.0. The van der Waals surface area contributed by atoms with Crippen LogP contribution in [0.4, 0.5) is 0 Å². The Kier molecular flexibility index (Phi) is 130. The average Bonchev–Trinajstić information content (AvgIpc) is 1.67. The van der Waals surface area contributed by atoms with Crippen molar-refractivity contribution < 1.29 is 66.0 Å². The number of ether oxygens (including phenoxy) is 8. The minimum atomic E-state index is -1.27. The highest BCUT2D eigenvalue weighted by molar-refractivity contribution is 6.84. The molecule has 1 spiro atoms. The summed E-state index contributed by atoms with van der Waals surface area (Å²) in [6, 6.07) is 28.4. The van der Waals surface area contributed by atoms with Crippen LogP contribution in [0.1, 0.15) is 347 Å². The molecule has 6 rings (SSSR count). The quantitative estimate of drug-likeness (QED) is 0.0727. The van der Waals surface area contributed by atoms with Crippen molar-refractivity contribution in [2.75, 3.05) is 47.4 Å². The van der Waals surface area contributed by atoms with E-state index in [-0.39, 0.29) is 180 Å². The lowest BCUT2D eigenvalue weighted by Gasteiger charge is -2.43. The van der Waals surface area contributed by atoms with Crippen LogP contribution in [0.3, 0.4) is 0 Å². The molecule has 0 N–H and O–H groups in total. The summed E-state index contributed by atoms with van der Waals surface area (Å²) in [4.78, 5) is 51.6. The summed E-state index contributed by atoms with van der Waals surface area (Å²) in [5.74, 6) is 0.935. The first-order valence-electron chi connectivity index (χ1n) is 32.4. The van der Waals surface area contributed by atoms with Gasteiger partial charge >= 0.3 is 11.9 Å². The fourth-order valence-electron chi connectivity index (χ4n) is 6.89. The van der Waals surface area contributed by atoms with Gasteiger partial charge in [-0.05, 0) is 141 Å². The molecular formula is C91H198Cl2O14Si2. The van der Waals surface area contributed by atoms with Gasteiger partial charge in [0.15, 0.2) is 35.0 Å². The molecule has 2 heterocycles. The number of methoxy groups -OCH3 is 2. The number of carbonyl (C=O) groups excluding carboxylic acids is 5. The minimum Gasteiger partial charge on any atom is -0.497 e. The lowest BCUT2D eigenvalue weighted by atomic mass is 9.87. The number of allylic oxidation sites excluding steroid dienone is 1. The Morgan fingerprint density at radius 3 is 0.936 bits per heavy atom. The summed E-state index contributed by atoms with van der Waals surface area (Å²) in [5, 5.41) is 0. The SMILES string of the molecule is C.C.C.C.C.C.C.C.C.C.C.C.C.C.C.C.C.CC.CC(=O)CC(C)=O.CC(=O)OCOC(C)=O.CC(C)(C)C.CC(C)(C)C.CC(C)(C)c1ccccc1.CC(C)=C(Cl)Cl.CC1(C)CC(=O)c2ccccc21.CCC1OCC2(CO1)COC(CC)OC2.CC[Si](C)(C)O[Si](C)(C)CC.COc1ccc(OC)cc1. The number of fused-ring (bicyclic) bond motifs is 1. The summed E-state index contributed by atoms with van der Waals surface area (Å²) < 4.78 is 47.5. The standard InChI is InChI=1S/C11H20O4.C11H12O.C10H14.C8H10O2.C8H22OSi2.C5H8O4.C5H8O2.2C5H12.C4H6Cl2.C2H6.17CH4/c1-3-9-12-5-11(6-13-9)7-14-10(4-2)15-8-11;1-11(2)7-10(12)8-5-3-4-6-9(8)11;1-10(2,3)9-7-5-4-6-8-9;1-9-7-3-5-8(10-2)6-4-7;1-7-10(3,4)9-11(5,6)8-2;1-4(6)8-3-9-5(2)7;1-4(6)3-5(2)7;2*1-5(2,3)4;1-3(2)4(5)6;1-2;;;;;;;;;;;;;;;;;/h9-10H,3-8H2,1-2H3;3-6H,7H2,1-2H3;4-8H,1-3H3;3-6H,1-2H3;7-8H2,1-6H3;3H2,1-2H3;3H2,1-2H3;2*1-4H3;1-2H3;1-2H3;17*1H4. The van der Waals surface area contributed by atoms with Gasteiger partial charge < -0.3 is 42.0 Å². The molecule has 14 nitrogen and oxygen atoms in total. The lowest BCUT2D eigenvalue weighted by Crippen LogP contribution is -2.52. The predicted molar refractivity (Wildman–Crippen MR) is 505 cm³/mol. The number of Topliss-reactive ketones (excluding diaryl/α,β-unsaturated/α-hetero) is 3. The highest BCUT2D eigenvalue weighted by Crippen LogP contribution is 2.38. The van der Waals surface area contributed by atoms with Crippen molar-refractivity contribution in [2.45, 2.75) is 387 Å². The first-order valence-corrected chi connectivity index (χ1v) is 39.3. The van der Waals surface area contributed by atoms with Crippen LogP contribution in [0, 0.1) is 16.2 Å². The molecule has 2 saturated heterocycles. The van der Waals surface area contributed by atoms with Crippen molar-refractivity contribution in [1.82, 2.24) is 0 Å². The molecule has 3 aliphatic rings. The number of rotatable bonds is 12. The van der Waals surface area contributed by atoms with Gasteiger partial charge in [0, 0.05) is 25.8 Å². The second-order valence-electron chi connectivity index (χ2n) is 28.5. The van der Waals surface area contributed by atoms with Crippen molar-refractivity contribution in [1.29, 1.82) is 0 Å². The summed E-state index contributed by atoms with van der Waals surface area (Å²) in [7, 11) is 0.737. The van der Waals surface area contributed by atoms with E-state index in [0.717, 1.165) is 35.5 Å². The molecule has 0 radical (unpaired) electrons.